The number of hydrazine groups is 1. The number of hydrogen-bond donors (Lipinski definition) is 3. The van der Waals surface area contributed by atoms with Crippen LogP contribution in [0.4, 0.5) is 0 Å². The number of nitrogens with two attached hydrogens (primary N) is 1. The van der Waals surface area contributed by atoms with Crippen molar-refractivity contribution in [3.05, 3.63) is 63.7 Å². The Morgan fingerprint density at radius 3 is 2.68 bits per heavy atom. The average Bonchev–Trinajstić information content (AvgIpc) is 3.33. The molecule has 1 aromatic heterocycles. The number of nitrogens with one attached hydrogen (secondary N) is 2. The van der Waals surface area contributed by atoms with Crippen LogP contribution >= 0.6 is 15.9 Å². The highest BCUT2D eigenvalue weighted by atomic mass is 79.9. The molecule has 0 saturated carbocycles. The average molecular weight is 442 g/mol. The maximum Gasteiger partial charge on any atom is 0.231 e. The zero-order chi connectivity index (χ0) is 19.3. The van der Waals surface area contributed by atoms with Gasteiger partial charge in [-0.2, -0.15) is 5.26 Å². The number of benzene rings is 1. The van der Waals surface area contributed by atoms with Crippen molar-refractivity contribution in [1.82, 2.24) is 15.8 Å². The first-order valence-corrected chi connectivity index (χ1v) is 9.53. The summed E-state index contributed by atoms with van der Waals surface area (Å²) in [6.07, 6.45) is 3.10. The third kappa shape index (κ3) is 2.61. The molecule has 4 heterocycles. The van der Waals surface area contributed by atoms with Crippen LogP contribution in [0, 0.1) is 17.2 Å². The molecule has 1 aromatic carbocycles. The van der Waals surface area contributed by atoms with Crippen molar-refractivity contribution in [2.24, 2.45) is 11.7 Å². The number of fused-ring (bicyclic) bond motifs is 2. The van der Waals surface area contributed by atoms with Crippen molar-refractivity contribution in [2.75, 3.05) is 6.79 Å². The second-order valence-corrected chi connectivity index (χ2v) is 7.61. The van der Waals surface area contributed by atoms with Crippen molar-refractivity contribution in [3.8, 4) is 17.6 Å². The van der Waals surface area contributed by atoms with Crippen LogP contribution in [0.1, 0.15) is 23.1 Å². The molecule has 3 aliphatic rings. The van der Waals surface area contributed by atoms with Gasteiger partial charge in [0.15, 0.2) is 17.7 Å². The number of pyridine rings is 1. The molecule has 1 fully saturated rings. The molecular formula is C19H16BrN5O3. The van der Waals surface area contributed by atoms with E-state index in [9.17, 15) is 5.26 Å². The number of rotatable bonds is 2. The predicted octanol–water partition coefficient (Wildman–Crippen LogP) is 2.17. The smallest absolute Gasteiger partial charge is 0.231 e. The number of aromatic nitrogens is 1. The van der Waals surface area contributed by atoms with Gasteiger partial charge in [-0.05, 0) is 35.4 Å². The van der Waals surface area contributed by atoms with Gasteiger partial charge < -0.3 is 19.9 Å². The summed E-state index contributed by atoms with van der Waals surface area (Å²) in [5, 5.41) is 9.86. The summed E-state index contributed by atoms with van der Waals surface area (Å²) in [5.74, 6) is 1.01. The molecule has 142 valence electrons. The SMILES string of the molecule is N#CC1=C(N)OC2NNC(c3ccncc3)C2C1c1cc2c(cc1Br)OCO2. The summed E-state index contributed by atoms with van der Waals surface area (Å²) in [7, 11) is 0. The second-order valence-electron chi connectivity index (χ2n) is 6.76. The van der Waals surface area contributed by atoms with Crippen molar-refractivity contribution in [3.63, 3.8) is 0 Å². The molecule has 4 unspecified atom stereocenters. The van der Waals surface area contributed by atoms with Crippen molar-refractivity contribution < 1.29 is 14.2 Å². The lowest BCUT2D eigenvalue weighted by Gasteiger charge is -2.36. The standard InChI is InChI=1S/C19H16BrN5O3/c20-12-6-14-13(26-8-27-14)5-10(12)15-11(7-21)18(22)28-19-16(15)17(24-25-19)9-1-3-23-4-2-9/h1-6,15-17,19,24-25H,8,22H2. The zero-order valence-electron chi connectivity index (χ0n) is 14.6. The largest absolute Gasteiger partial charge is 0.458 e. The normalized spacial score (nSPS) is 27.9. The van der Waals surface area contributed by atoms with E-state index in [1.54, 1.807) is 12.4 Å². The van der Waals surface area contributed by atoms with E-state index in [1.807, 2.05) is 24.3 Å². The maximum atomic E-state index is 9.86. The van der Waals surface area contributed by atoms with Crippen LogP contribution in [0.25, 0.3) is 0 Å². The molecule has 0 aliphatic carbocycles. The van der Waals surface area contributed by atoms with Crippen LogP contribution in [0.15, 0.2) is 52.6 Å². The molecule has 28 heavy (non-hydrogen) atoms. The summed E-state index contributed by atoms with van der Waals surface area (Å²) < 4.78 is 17.7. The molecule has 4 N–H and O–H groups in total. The zero-order valence-corrected chi connectivity index (χ0v) is 16.1. The van der Waals surface area contributed by atoms with Crippen LogP contribution < -0.4 is 26.1 Å². The second kappa shape index (κ2) is 6.67. The molecule has 9 heteroatoms. The molecule has 1 saturated heterocycles. The number of allylic oxidation sites excluding steroid dienone is 1. The number of nitriles is 1. The number of nitrogens with zero attached hydrogens (tertiary/aromatic N) is 2. The minimum Gasteiger partial charge on any atom is -0.458 e. The van der Waals surface area contributed by atoms with Gasteiger partial charge in [-0.3, -0.25) is 4.98 Å². The molecular weight excluding hydrogens is 426 g/mol. The van der Waals surface area contributed by atoms with Crippen LogP contribution in [0.2, 0.25) is 0 Å². The first-order valence-electron chi connectivity index (χ1n) is 8.74. The third-order valence-electron chi connectivity index (χ3n) is 5.34. The quantitative estimate of drug-likeness (QED) is 0.649. The summed E-state index contributed by atoms with van der Waals surface area (Å²) in [5.41, 5.74) is 14.9. The van der Waals surface area contributed by atoms with Gasteiger partial charge in [-0.15, -0.1) is 0 Å². The minimum atomic E-state index is -0.391. The van der Waals surface area contributed by atoms with Crippen LogP contribution in [0.5, 0.6) is 11.5 Å². The Bertz CT molecular complexity index is 1010. The first-order chi connectivity index (χ1) is 13.7. The Kier molecular flexibility index (Phi) is 4.12. The van der Waals surface area contributed by atoms with E-state index in [1.165, 1.54) is 0 Å². The van der Waals surface area contributed by atoms with E-state index in [0.717, 1.165) is 15.6 Å². The third-order valence-corrected chi connectivity index (χ3v) is 6.03. The van der Waals surface area contributed by atoms with E-state index in [2.05, 4.69) is 37.8 Å². The monoisotopic (exact) mass is 441 g/mol. The molecule has 2 aromatic rings. The number of hydrogen-bond acceptors (Lipinski definition) is 8. The van der Waals surface area contributed by atoms with E-state index < -0.39 is 6.23 Å². The molecule has 0 spiro atoms. The molecule has 5 rings (SSSR count). The van der Waals surface area contributed by atoms with E-state index in [-0.39, 0.29) is 30.6 Å². The van der Waals surface area contributed by atoms with Crippen LogP contribution in [-0.2, 0) is 4.74 Å². The summed E-state index contributed by atoms with van der Waals surface area (Å²) in [6.45, 7) is 0.177. The van der Waals surface area contributed by atoms with Crippen molar-refractivity contribution >= 4 is 15.9 Å². The molecule has 0 bridgehead atoms. The highest BCUT2D eigenvalue weighted by molar-refractivity contribution is 9.10. The maximum absolute atomic E-state index is 9.86. The topological polar surface area (TPSA) is 114 Å². The Labute approximate surface area is 169 Å². The van der Waals surface area contributed by atoms with E-state index in [4.69, 9.17) is 19.9 Å². The molecule has 4 atom stereocenters. The molecule has 0 radical (unpaired) electrons. The van der Waals surface area contributed by atoms with E-state index in [0.29, 0.717) is 17.1 Å². The van der Waals surface area contributed by atoms with E-state index >= 15 is 0 Å². The molecule has 0 amide bonds. The Hall–Kier alpha value is -2.80. The lowest BCUT2D eigenvalue weighted by atomic mass is 9.74. The predicted molar refractivity (Wildman–Crippen MR) is 101 cm³/mol. The van der Waals surface area contributed by atoms with Gasteiger partial charge in [0.25, 0.3) is 0 Å². The molecule has 8 nitrogen and oxygen atoms in total. The van der Waals surface area contributed by atoms with Gasteiger partial charge in [0.2, 0.25) is 12.7 Å². The summed E-state index contributed by atoms with van der Waals surface area (Å²) in [6, 6.07) is 9.81. The molecule has 3 aliphatic heterocycles. The summed E-state index contributed by atoms with van der Waals surface area (Å²) >= 11 is 3.64. The van der Waals surface area contributed by atoms with Gasteiger partial charge in [-0.25, -0.2) is 10.9 Å². The fraction of sp³-hybridized carbons (Fsp3) is 0.263. The van der Waals surface area contributed by atoms with Crippen molar-refractivity contribution in [2.45, 2.75) is 18.2 Å². The van der Waals surface area contributed by atoms with Crippen LogP contribution in [0.3, 0.4) is 0 Å². The van der Waals surface area contributed by atoms with Gasteiger partial charge in [0.05, 0.1) is 11.6 Å². The summed E-state index contributed by atoms with van der Waals surface area (Å²) in [4.78, 5) is 4.10. The lowest BCUT2D eigenvalue weighted by Crippen LogP contribution is -2.41. The lowest BCUT2D eigenvalue weighted by molar-refractivity contribution is 0.0339. The number of halogens is 1. The minimum absolute atomic E-state index is 0.105. The Morgan fingerprint density at radius 2 is 1.93 bits per heavy atom. The highest BCUT2D eigenvalue weighted by Gasteiger charge is 2.49. The Balaban J connectivity index is 1.66. The van der Waals surface area contributed by atoms with Crippen molar-refractivity contribution in [1.29, 1.82) is 5.26 Å². The highest BCUT2D eigenvalue weighted by Crippen LogP contribution is 2.51. The van der Waals surface area contributed by atoms with Gasteiger partial charge in [0.1, 0.15) is 6.07 Å². The first kappa shape index (κ1) is 17.3. The van der Waals surface area contributed by atoms with Gasteiger partial charge >= 0.3 is 0 Å². The van der Waals surface area contributed by atoms with Gasteiger partial charge in [0, 0.05) is 28.7 Å². The fourth-order valence-electron chi connectivity index (χ4n) is 4.10. The van der Waals surface area contributed by atoms with Crippen LogP contribution in [-0.4, -0.2) is 18.0 Å². The Morgan fingerprint density at radius 1 is 1.18 bits per heavy atom. The fourth-order valence-corrected chi connectivity index (χ4v) is 4.66. The van der Waals surface area contributed by atoms with Gasteiger partial charge in [-0.1, -0.05) is 15.9 Å². The number of ether oxygens (including phenoxy) is 3.